The van der Waals surface area contributed by atoms with Crippen LogP contribution in [0.2, 0.25) is 5.02 Å². The quantitative estimate of drug-likeness (QED) is 0.397. The number of aryl methyl sites for hydroxylation is 2. The number of nitrogens with zero attached hydrogens (tertiary/aromatic N) is 2. The summed E-state index contributed by atoms with van der Waals surface area (Å²) in [7, 11) is 0. The van der Waals surface area contributed by atoms with Crippen molar-refractivity contribution in [3.63, 3.8) is 0 Å². The van der Waals surface area contributed by atoms with Crippen LogP contribution in [0.25, 0.3) is 11.5 Å². The van der Waals surface area contributed by atoms with Crippen molar-refractivity contribution in [1.82, 2.24) is 10.2 Å². The summed E-state index contributed by atoms with van der Waals surface area (Å²) < 4.78 is 33.1. The van der Waals surface area contributed by atoms with Crippen molar-refractivity contribution < 1.29 is 13.2 Å². The summed E-state index contributed by atoms with van der Waals surface area (Å²) in [5, 5.41) is 11.8. The Labute approximate surface area is 177 Å². The Balaban J connectivity index is 1.78. The van der Waals surface area contributed by atoms with Gasteiger partial charge >= 0.3 is 0 Å². The van der Waals surface area contributed by atoms with E-state index in [0.717, 1.165) is 16.8 Å². The first kappa shape index (κ1) is 20.0. The Morgan fingerprint density at radius 1 is 0.933 bits per heavy atom. The van der Waals surface area contributed by atoms with Gasteiger partial charge in [-0.25, -0.2) is 8.78 Å². The minimum atomic E-state index is -0.631. The second-order valence-electron chi connectivity index (χ2n) is 7.02. The van der Waals surface area contributed by atoms with Gasteiger partial charge in [-0.1, -0.05) is 35.9 Å². The molecule has 0 aliphatic heterocycles. The van der Waals surface area contributed by atoms with E-state index < -0.39 is 17.7 Å². The Hall–Kier alpha value is -3.25. The average Bonchev–Trinajstić information content (AvgIpc) is 3.19. The zero-order valence-corrected chi connectivity index (χ0v) is 17.0. The van der Waals surface area contributed by atoms with E-state index in [9.17, 15) is 8.78 Å². The number of benzene rings is 3. The molecule has 0 aliphatic rings. The fraction of sp³-hybridized carbons (Fsp3) is 0.130. The van der Waals surface area contributed by atoms with Crippen LogP contribution in [-0.4, -0.2) is 10.2 Å². The molecule has 4 aromatic rings. The highest BCUT2D eigenvalue weighted by Crippen LogP contribution is 2.34. The molecule has 0 amide bonds. The molecule has 1 atom stereocenters. The monoisotopic (exact) mass is 425 g/mol. The number of halogens is 3. The highest BCUT2D eigenvalue weighted by molar-refractivity contribution is 6.31. The molecular weight excluding hydrogens is 408 g/mol. The lowest BCUT2D eigenvalue weighted by Crippen LogP contribution is -2.14. The van der Waals surface area contributed by atoms with Crippen LogP contribution in [0.4, 0.5) is 14.5 Å². The molecule has 152 valence electrons. The minimum Gasteiger partial charge on any atom is -0.418 e. The highest BCUT2D eigenvalue weighted by atomic mass is 35.5. The van der Waals surface area contributed by atoms with Crippen molar-refractivity contribution in [3.05, 3.63) is 99.9 Å². The molecule has 4 nitrogen and oxygen atoms in total. The molecule has 0 bridgehead atoms. The number of aromatic nitrogens is 2. The molecule has 0 saturated heterocycles. The second-order valence-corrected chi connectivity index (χ2v) is 7.42. The van der Waals surface area contributed by atoms with Crippen LogP contribution in [0.3, 0.4) is 0 Å². The van der Waals surface area contributed by atoms with Gasteiger partial charge < -0.3 is 9.73 Å². The largest absolute Gasteiger partial charge is 0.418 e. The van der Waals surface area contributed by atoms with Gasteiger partial charge in [0.15, 0.2) is 0 Å². The molecule has 0 aliphatic carbocycles. The Morgan fingerprint density at radius 2 is 1.73 bits per heavy atom. The van der Waals surface area contributed by atoms with Gasteiger partial charge in [-0.05, 0) is 61.4 Å². The third-order valence-electron chi connectivity index (χ3n) is 4.73. The van der Waals surface area contributed by atoms with E-state index in [1.807, 2.05) is 32.0 Å². The molecule has 1 aromatic heterocycles. The second kappa shape index (κ2) is 8.24. The van der Waals surface area contributed by atoms with E-state index in [2.05, 4.69) is 15.5 Å². The van der Waals surface area contributed by atoms with Crippen molar-refractivity contribution in [2.45, 2.75) is 19.9 Å². The van der Waals surface area contributed by atoms with Crippen LogP contribution in [-0.2, 0) is 0 Å². The van der Waals surface area contributed by atoms with Gasteiger partial charge in [0.25, 0.3) is 0 Å². The Morgan fingerprint density at radius 3 is 2.50 bits per heavy atom. The van der Waals surface area contributed by atoms with Gasteiger partial charge in [0.1, 0.15) is 17.7 Å². The molecule has 0 radical (unpaired) electrons. The van der Waals surface area contributed by atoms with E-state index in [0.29, 0.717) is 11.1 Å². The molecule has 3 aromatic carbocycles. The molecule has 1 N–H and O–H groups in total. The third kappa shape index (κ3) is 4.19. The van der Waals surface area contributed by atoms with Crippen molar-refractivity contribution in [1.29, 1.82) is 0 Å². The van der Waals surface area contributed by atoms with Gasteiger partial charge in [-0.3, -0.25) is 0 Å². The summed E-state index contributed by atoms with van der Waals surface area (Å²) in [4.78, 5) is 0. The van der Waals surface area contributed by atoms with Crippen LogP contribution in [0.1, 0.15) is 28.6 Å². The molecule has 0 spiro atoms. The van der Waals surface area contributed by atoms with E-state index in [4.69, 9.17) is 16.0 Å². The maximum atomic E-state index is 13.6. The molecular formula is C23H18ClF2N3O. The SMILES string of the molecule is Cc1ccc(C)c(NC(c2nnc(-c3cccc(F)c3)o2)c2ccc(F)cc2Cl)c1. The standard InChI is InChI=1S/C23H18ClF2N3O/c1-13-6-7-14(2)20(10-13)27-21(18-9-8-17(26)12-19(18)24)23-29-28-22(30-23)15-4-3-5-16(25)11-15/h3-12,21,27H,1-2H3. The molecule has 7 heteroatoms. The number of nitrogens with one attached hydrogen (secondary N) is 1. The first-order valence-electron chi connectivity index (χ1n) is 9.29. The molecule has 0 saturated carbocycles. The lowest BCUT2D eigenvalue weighted by atomic mass is 10.0. The smallest absolute Gasteiger partial charge is 0.247 e. The van der Waals surface area contributed by atoms with Crippen molar-refractivity contribution in [3.8, 4) is 11.5 Å². The van der Waals surface area contributed by atoms with E-state index >= 15 is 0 Å². The Kier molecular flexibility index (Phi) is 5.50. The third-order valence-corrected chi connectivity index (χ3v) is 5.05. The summed E-state index contributed by atoms with van der Waals surface area (Å²) in [6.45, 7) is 3.95. The average molecular weight is 426 g/mol. The van der Waals surface area contributed by atoms with Gasteiger partial charge in [0.2, 0.25) is 11.8 Å². The van der Waals surface area contributed by atoms with E-state index in [1.165, 1.54) is 24.3 Å². The van der Waals surface area contributed by atoms with Crippen LogP contribution in [0, 0.1) is 25.5 Å². The zero-order valence-electron chi connectivity index (χ0n) is 16.3. The topological polar surface area (TPSA) is 51.0 Å². The fourth-order valence-corrected chi connectivity index (χ4v) is 3.42. The number of anilines is 1. The predicted octanol–water partition coefficient (Wildman–Crippen LogP) is 6.49. The molecule has 1 unspecified atom stereocenters. The summed E-state index contributed by atoms with van der Waals surface area (Å²) >= 11 is 6.34. The number of hydrogen-bond donors (Lipinski definition) is 1. The predicted molar refractivity (Wildman–Crippen MR) is 112 cm³/mol. The number of rotatable bonds is 5. The first-order valence-corrected chi connectivity index (χ1v) is 9.66. The summed E-state index contributed by atoms with van der Waals surface area (Å²) in [6.07, 6.45) is 0. The Bertz CT molecular complexity index is 1210. The minimum absolute atomic E-state index is 0.176. The van der Waals surface area contributed by atoms with Crippen LogP contribution < -0.4 is 5.32 Å². The maximum Gasteiger partial charge on any atom is 0.247 e. The van der Waals surface area contributed by atoms with Gasteiger partial charge in [0.05, 0.1) is 0 Å². The fourth-order valence-electron chi connectivity index (χ4n) is 3.14. The summed E-state index contributed by atoms with van der Waals surface area (Å²) in [5.74, 6) is -0.446. The maximum absolute atomic E-state index is 13.6. The zero-order chi connectivity index (χ0) is 21.3. The lowest BCUT2D eigenvalue weighted by Gasteiger charge is -2.20. The highest BCUT2D eigenvalue weighted by Gasteiger charge is 2.25. The first-order chi connectivity index (χ1) is 14.4. The van der Waals surface area contributed by atoms with E-state index in [1.54, 1.807) is 18.2 Å². The molecule has 30 heavy (non-hydrogen) atoms. The van der Waals surface area contributed by atoms with E-state index in [-0.39, 0.29) is 16.8 Å². The number of hydrogen-bond acceptors (Lipinski definition) is 4. The molecule has 0 fully saturated rings. The van der Waals surface area contributed by atoms with Crippen LogP contribution in [0.5, 0.6) is 0 Å². The van der Waals surface area contributed by atoms with Gasteiger partial charge in [0, 0.05) is 21.8 Å². The van der Waals surface area contributed by atoms with Crippen LogP contribution >= 0.6 is 11.6 Å². The van der Waals surface area contributed by atoms with Gasteiger partial charge in [-0.2, -0.15) is 0 Å². The molecule has 4 rings (SSSR count). The lowest BCUT2D eigenvalue weighted by molar-refractivity contribution is 0.493. The molecule has 1 heterocycles. The van der Waals surface area contributed by atoms with Crippen molar-refractivity contribution >= 4 is 17.3 Å². The summed E-state index contributed by atoms with van der Waals surface area (Å²) in [5.41, 5.74) is 3.97. The van der Waals surface area contributed by atoms with Gasteiger partial charge in [-0.15, -0.1) is 10.2 Å². The van der Waals surface area contributed by atoms with Crippen molar-refractivity contribution in [2.75, 3.05) is 5.32 Å². The van der Waals surface area contributed by atoms with Crippen molar-refractivity contribution in [2.24, 2.45) is 0 Å². The van der Waals surface area contributed by atoms with Crippen LogP contribution in [0.15, 0.2) is 65.1 Å². The normalized spacial score (nSPS) is 12.0. The summed E-state index contributed by atoms with van der Waals surface area (Å²) in [6, 6.07) is 15.4.